The van der Waals surface area contributed by atoms with Crippen molar-refractivity contribution in [2.24, 2.45) is 40.9 Å². The average Bonchev–Trinajstić information content (AvgIpc) is 3.78. The highest BCUT2D eigenvalue weighted by atomic mass is 16.2. The zero-order chi connectivity index (χ0) is 29.5. The van der Waals surface area contributed by atoms with Gasteiger partial charge in [-0.1, -0.05) is 65.2 Å². The third-order valence-electron chi connectivity index (χ3n) is 11.5. The molecule has 0 aliphatic heterocycles. The molecule has 3 N–H and O–H groups in total. The van der Waals surface area contributed by atoms with Crippen LogP contribution in [0.4, 0.5) is 4.79 Å². The molecule has 8 nitrogen and oxygen atoms in total. The molecule has 0 radical (unpaired) electrons. The maximum absolute atomic E-state index is 14.4. The van der Waals surface area contributed by atoms with Crippen LogP contribution in [0.3, 0.4) is 0 Å². The second-order valence-electron chi connectivity index (χ2n) is 15.0. The Labute approximate surface area is 245 Å². The van der Waals surface area contributed by atoms with Crippen molar-refractivity contribution in [2.45, 2.75) is 135 Å². The molecule has 6 atom stereocenters. The van der Waals surface area contributed by atoms with E-state index in [1.807, 2.05) is 0 Å². The SMILES string of the molecule is CC(=O)C(=O)C(CC1CC1)NC(=O)[C@H]1C(C(=O)[C@@H](NC(=O)NC2(C)CCCCC2)C2CCCCC2)C[C@H]2[C@@H]1C2(C)C. The number of amides is 3. The topological polar surface area (TPSA) is 121 Å². The number of rotatable bonds is 11. The van der Waals surface area contributed by atoms with Crippen molar-refractivity contribution in [1.29, 1.82) is 0 Å². The number of carbonyl (C=O) groups is 5. The van der Waals surface area contributed by atoms with Gasteiger partial charge >= 0.3 is 6.03 Å². The number of nitrogens with one attached hydrogen (secondary N) is 3. The molecule has 0 aromatic heterocycles. The Balaban J connectivity index is 1.34. The molecule has 0 spiro atoms. The highest BCUT2D eigenvalue weighted by Crippen LogP contribution is 2.71. The van der Waals surface area contributed by atoms with E-state index in [0.29, 0.717) is 18.8 Å². The molecule has 0 heterocycles. The highest BCUT2D eigenvalue weighted by molar-refractivity contribution is 6.38. The number of urea groups is 1. The van der Waals surface area contributed by atoms with E-state index in [9.17, 15) is 24.0 Å². The molecule has 5 aliphatic carbocycles. The van der Waals surface area contributed by atoms with Crippen LogP contribution >= 0.6 is 0 Å². The van der Waals surface area contributed by atoms with Gasteiger partial charge in [-0.25, -0.2) is 4.79 Å². The van der Waals surface area contributed by atoms with Gasteiger partial charge in [0.1, 0.15) is 0 Å². The van der Waals surface area contributed by atoms with Crippen LogP contribution in [0.1, 0.15) is 118 Å². The predicted molar refractivity (Wildman–Crippen MR) is 156 cm³/mol. The van der Waals surface area contributed by atoms with Crippen molar-refractivity contribution in [2.75, 3.05) is 0 Å². The first-order chi connectivity index (χ1) is 19.4. The summed E-state index contributed by atoms with van der Waals surface area (Å²) in [4.78, 5) is 66.4. The lowest BCUT2D eigenvalue weighted by Crippen LogP contribution is -2.58. The third kappa shape index (κ3) is 6.56. The zero-order valence-corrected chi connectivity index (χ0v) is 25.6. The second kappa shape index (κ2) is 11.8. The van der Waals surface area contributed by atoms with Crippen molar-refractivity contribution >= 4 is 29.3 Å². The van der Waals surface area contributed by atoms with Gasteiger partial charge in [-0.3, -0.25) is 19.2 Å². The highest BCUT2D eigenvalue weighted by Gasteiger charge is 2.70. The van der Waals surface area contributed by atoms with Gasteiger partial charge in [0.25, 0.3) is 0 Å². The summed E-state index contributed by atoms with van der Waals surface area (Å²) in [6, 6.07) is -1.72. The van der Waals surface area contributed by atoms with Crippen LogP contribution in [0.25, 0.3) is 0 Å². The predicted octanol–water partition coefficient (Wildman–Crippen LogP) is 4.88. The fraction of sp³-hybridized carbons (Fsp3) is 0.848. The third-order valence-corrected chi connectivity index (χ3v) is 11.5. The zero-order valence-electron chi connectivity index (χ0n) is 25.6. The van der Waals surface area contributed by atoms with Crippen LogP contribution in [0, 0.1) is 40.9 Å². The first kappa shape index (κ1) is 30.2. The van der Waals surface area contributed by atoms with E-state index in [1.54, 1.807) is 0 Å². The van der Waals surface area contributed by atoms with Crippen molar-refractivity contribution in [3.63, 3.8) is 0 Å². The Bertz CT molecular complexity index is 1050. The van der Waals surface area contributed by atoms with Crippen LogP contribution < -0.4 is 16.0 Å². The molecule has 3 amide bonds. The Morgan fingerprint density at radius 2 is 1.46 bits per heavy atom. The molecule has 5 fully saturated rings. The molecule has 5 rings (SSSR count). The molecule has 41 heavy (non-hydrogen) atoms. The van der Waals surface area contributed by atoms with E-state index in [4.69, 9.17) is 0 Å². The first-order valence-electron chi connectivity index (χ1n) is 16.4. The number of fused-ring (bicyclic) bond motifs is 1. The minimum atomic E-state index is -0.821. The number of ketones is 3. The molecule has 5 aliphatic rings. The maximum Gasteiger partial charge on any atom is 0.315 e. The van der Waals surface area contributed by atoms with Gasteiger partial charge in [0, 0.05) is 18.4 Å². The molecule has 0 aromatic carbocycles. The van der Waals surface area contributed by atoms with Gasteiger partial charge < -0.3 is 16.0 Å². The Morgan fingerprint density at radius 1 is 0.829 bits per heavy atom. The van der Waals surface area contributed by atoms with E-state index in [1.165, 1.54) is 13.3 Å². The van der Waals surface area contributed by atoms with Gasteiger partial charge in [-0.2, -0.15) is 0 Å². The number of Topliss-reactive ketones (excluding diaryl/α,β-unsaturated/α-hetero) is 3. The fourth-order valence-electron chi connectivity index (χ4n) is 8.72. The lowest BCUT2D eigenvalue weighted by atomic mass is 9.74. The largest absolute Gasteiger partial charge is 0.346 e. The van der Waals surface area contributed by atoms with E-state index in [0.717, 1.165) is 70.6 Å². The smallest absolute Gasteiger partial charge is 0.315 e. The summed E-state index contributed by atoms with van der Waals surface area (Å²) in [7, 11) is 0. The minimum absolute atomic E-state index is 0.0272. The van der Waals surface area contributed by atoms with E-state index in [2.05, 4.69) is 36.7 Å². The maximum atomic E-state index is 14.4. The summed E-state index contributed by atoms with van der Waals surface area (Å²) in [5, 5.41) is 9.27. The van der Waals surface area contributed by atoms with Gasteiger partial charge in [0.05, 0.1) is 18.0 Å². The number of hydrogen-bond acceptors (Lipinski definition) is 5. The van der Waals surface area contributed by atoms with E-state index < -0.39 is 35.5 Å². The molecule has 0 bridgehead atoms. The van der Waals surface area contributed by atoms with Crippen LogP contribution in [-0.2, 0) is 19.2 Å². The average molecular weight is 570 g/mol. The summed E-state index contributed by atoms with van der Waals surface area (Å²) >= 11 is 0. The van der Waals surface area contributed by atoms with Crippen molar-refractivity contribution in [3.05, 3.63) is 0 Å². The van der Waals surface area contributed by atoms with Gasteiger partial charge in [-0.15, -0.1) is 0 Å². The summed E-state index contributed by atoms with van der Waals surface area (Å²) in [5.74, 6) is -1.68. The molecular formula is C33H51N3O5. The Hall–Kier alpha value is -2.25. The van der Waals surface area contributed by atoms with Crippen LogP contribution in [0.15, 0.2) is 0 Å². The first-order valence-corrected chi connectivity index (χ1v) is 16.4. The molecular weight excluding hydrogens is 518 g/mol. The quantitative estimate of drug-likeness (QED) is 0.306. The van der Waals surface area contributed by atoms with Crippen molar-refractivity contribution < 1.29 is 24.0 Å². The summed E-state index contributed by atoms with van der Waals surface area (Å²) in [6.45, 7) is 7.66. The van der Waals surface area contributed by atoms with Crippen LogP contribution in [0.2, 0.25) is 0 Å². The van der Waals surface area contributed by atoms with Crippen LogP contribution in [-0.4, -0.2) is 46.9 Å². The van der Waals surface area contributed by atoms with Gasteiger partial charge in [0.2, 0.25) is 11.7 Å². The van der Waals surface area contributed by atoms with Crippen molar-refractivity contribution in [3.8, 4) is 0 Å². The molecule has 0 aromatic rings. The summed E-state index contributed by atoms with van der Waals surface area (Å²) < 4.78 is 0. The molecule has 8 heteroatoms. The molecule has 228 valence electrons. The molecule has 0 saturated heterocycles. The van der Waals surface area contributed by atoms with Gasteiger partial charge in [-0.05, 0) is 74.5 Å². The standard InChI is InChI=1S/C33H51N3O5/c1-19(37)28(38)24(17-20-13-14-20)34-30(40)25-22(18-23-26(25)32(23,2)3)29(39)27(21-11-7-5-8-12-21)35-31(41)36-33(4)15-9-6-10-16-33/h20-27H,5-18H2,1-4H3,(H,34,40)(H2,35,36,41)/t22?,23-,24?,25-,26-,27-/m0/s1. The van der Waals surface area contributed by atoms with E-state index >= 15 is 0 Å². The van der Waals surface area contributed by atoms with Crippen LogP contribution in [0.5, 0.6) is 0 Å². The molecule has 5 saturated carbocycles. The summed E-state index contributed by atoms with van der Waals surface area (Å²) in [6.07, 6.45) is 13.4. The fourth-order valence-corrected chi connectivity index (χ4v) is 8.72. The number of hydrogen-bond donors (Lipinski definition) is 3. The second-order valence-corrected chi connectivity index (χ2v) is 15.0. The Morgan fingerprint density at radius 3 is 2.07 bits per heavy atom. The summed E-state index contributed by atoms with van der Waals surface area (Å²) in [5.41, 5.74) is -0.306. The molecule has 2 unspecified atom stereocenters. The monoisotopic (exact) mass is 569 g/mol. The lowest BCUT2D eigenvalue weighted by molar-refractivity contribution is -0.140. The van der Waals surface area contributed by atoms with E-state index in [-0.39, 0.29) is 46.4 Å². The normalized spacial score (nSPS) is 31.7. The minimum Gasteiger partial charge on any atom is -0.346 e. The van der Waals surface area contributed by atoms with Crippen molar-refractivity contribution in [1.82, 2.24) is 16.0 Å². The Kier molecular flexibility index (Phi) is 8.69. The lowest BCUT2D eigenvalue weighted by Gasteiger charge is -2.37. The number of carbonyl (C=O) groups excluding carboxylic acids is 5. The van der Waals surface area contributed by atoms with Gasteiger partial charge in [0.15, 0.2) is 11.6 Å².